The average Bonchev–Trinajstić information content (AvgIpc) is 2.81. The van der Waals surface area contributed by atoms with Crippen molar-refractivity contribution in [3.05, 3.63) is 80.5 Å². The Labute approximate surface area is 209 Å². The first-order valence-corrected chi connectivity index (χ1v) is 12.4. The molecule has 2 aromatic rings. The maximum absolute atomic E-state index is 13.4. The number of halogens is 1. The van der Waals surface area contributed by atoms with Crippen molar-refractivity contribution < 1.29 is 14.3 Å². The zero-order chi connectivity index (χ0) is 24.5. The van der Waals surface area contributed by atoms with E-state index in [1.54, 1.807) is 14.2 Å². The summed E-state index contributed by atoms with van der Waals surface area (Å²) in [5, 5.41) is 15.2. The van der Waals surface area contributed by atoms with E-state index in [0.717, 1.165) is 28.3 Å². The number of nitrogens with zero attached hydrogens (tertiary/aromatic N) is 1. The normalized spacial score (nSPS) is 19.3. The Hall–Kier alpha value is -2.88. The molecule has 1 aliphatic carbocycles. The largest absolute Gasteiger partial charge is 0.493 e. The fraction of sp³-hybridized carbons (Fsp3) is 0.333. The average molecular weight is 495 g/mol. The van der Waals surface area contributed by atoms with Gasteiger partial charge in [-0.05, 0) is 41.2 Å². The third-order valence-electron chi connectivity index (χ3n) is 6.20. The Morgan fingerprint density at radius 3 is 2.56 bits per heavy atom. The van der Waals surface area contributed by atoms with Crippen molar-refractivity contribution in [3.63, 3.8) is 0 Å². The summed E-state index contributed by atoms with van der Waals surface area (Å²) >= 11 is 7.90. The van der Waals surface area contributed by atoms with Gasteiger partial charge in [0.25, 0.3) is 0 Å². The van der Waals surface area contributed by atoms with Crippen molar-refractivity contribution in [1.29, 1.82) is 5.26 Å². The highest BCUT2D eigenvalue weighted by molar-refractivity contribution is 8.02. The van der Waals surface area contributed by atoms with E-state index in [0.29, 0.717) is 39.8 Å². The van der Waals surface area contributed by atoms with Crippen LogP contribution < -0.4 is 14.8 Å². The number of nitriles is 1. The molecule has 176 valence electrons. The van der Waals surface area contributed by atoms with Gasteiger partial charge < -0.3 is 14.8 Å². The van der Waals surface area contributed by atoms with Crippen LogP contribution in [0.25, 0.3) is 0 Å². The molecular weight excluding hydrogens is 468 g/mol. The molecule has 0 saturated carbocycles. The summed E-state index contributed by atoms with van der Waals surface area (Å²) in [6, 6.07) is 15.7. The lowest BCUT2D eigenvalue weighted by Crippen LogP contribution is -2.36. The van der Waals surface area contributed by atoms with E-state index in [2.05, 4.69) is 25.2 Å². The molecule has 1 atom stereocenters. The van der Waals surface area contributed by atoms with Crippen molar-refractivity contribution >= 4 is 29.1 Å². The van der Waals surface area contributed by atoms with Gasteiger partial charge in [0.2, 0.25) is 0 Å². The highest BCUT2D eigenvalue weighted by Gasteiger charge is 2.42. The fourth-order valence-corrected chi connectivity index (χ4v) is 5.97. The first-order valence-electron chi connectivity index (χ1n) is 11.0. The number of hydrogen-bond acceptors (Lipinski definition) is 6. The number of rotatable bonds is 6. The molecule has 1 unspecified atom stereocenters. The van der Waals surface area contributed by atoms with E-state index in [1.165, 1.54) is 11.8 Å². The third kappa shape index (κ3) is 4.68. The molecule has 1 aliphatic heterocycles. The summed E-state index contributed by atoms with van der Waals surface area (Å²) in [6.45, 7) is 4.20. The molecule has 0 saturated heterocycles. The Kier molecular flexibility index (Phi) is 6.97. The van der Waals surface area contributed by atoms with Gasteiger partial charge in [-0.2, -0.15) is 5.26 Å². The summed E-state index contributed by atoms with van der Waals surface area (Å²) in [4.78, 5) is 13.4. The summed E-state index contributed by atoms with van der Waals surface area (Å²) in [6.07, 6.45) is 1.17. The second-order valence-electron chi connectivity index (χ2n) is 9.24. The van der Waals surface area contributed by atoms with Crippen LogP contribution in [0.1, 0.15) is 43.7 Å². The predicted octanol–water partition coefficient (Wildman–Crippen LogP) is 6.36. The number of dihydropyridines is 1. The number of Topliss-reactive ketones (excluding diaryl/α,β-unsaturated/α-hetero) is 1. The number of thioether (sulfide) groups is 1. The molecule has 0 spiro atoms. The molecule has 7 heteroatoms. The van der Waals surface area contributed by atoms with Gasteiger partial charge in [0.05, 0.1) is 36.8 Å². The number of benzene rings is 2. The molecule has 1 N–H and O–H groups in total. The Balaban J connectivity index is 1.82. The predicted molar refractivity (Wildman–Crippen MR) is 136 cm³/mol. The van der Waals surface area contributed by atoms with Gasteiger partial charge in [-0.25, -0.2) is 0 Å². The quantitative estimate of drug-likeness (QED) is 0.504. The third-order valence-corrected chi connectivity index (χ3v) is 7.63. The zero-order valence-electron chi connectivity index (χ0n) is 19.7. The van der Waals surface area contributed by atoms with Gasteiger partial charge in [-0.15, -0.1) is 11.8 Å². The van der Waals surface area contributed by atoms with Crippen LogP contribution in [-0.2, 0) is 10.5 Å². The van der Waals surface area contributed by atoms with Gasteiger partial charge in [0.15, 0.2) is 17.3 Å². The van der Waals surface area contributed by atoms with Gasteiger partial charge in [0.1, 0.15) is 0 Å². The number of hydrogen-bond donors (Lipinski definition) is 1. The fourth-order valence-electron chi connectivity index (χ4n) is 4.62. The van der Waals surface area contributed by atoms with Crippen LogP contribution in [0, 0.1) is 16.7 Å². The molecule has 0 radical (unpaired) electrons. The van der Waals surface area contributed by atoms with Crippen molar-refractivity contribution in [1.82, 2.24) is 5.32 Å². The number of allylic oxidation sites excluding steroid dienone is 3. The zero-order valence-corrected chi connectivity index (χ0v) is 21.3. The summed E-state index contributed by atoms with van der Waals surface area (Å²) < 4.78 is 10.9. The highest BCUT2D eigenvalue weighted by Crippen LogP contribution is 2.49. The molecule has 0 aromatic heterocycles. The van der Waals surface area contributed by atoms with E-state index in [-0.39, 0.29) is 11.2 Å². The van der Waals surface area contributed by atoms with Gasteiger partial charge in [-0.3, -0.25) is 4.79 Å². The minimum atomic E-state index is -0.474. The molecule has 0 amide bonds. The van der Waals surface area contributed by atoms with Crippen molar-refractivity contribution in [2.45, 2.75) is 38.4 Å². The Morgan fingerprint density at radius 1 is 1.15 bits per heavy atom. The Morgan fingerprint density at radius 2 is 1.88 bits per heavy atom. The maximum Gasteiger partial charge on any atom is 0.162 e. The summed E-state index contributed by atoms with van der Waals surface area (Å²) in [5.74, 6) is 1.36. The maximum atomic E-state index is 13.4. The number of ketones is 1. The van der Waals surface area contributed by atoms with Crippen molar-refractivity contribution in [3.8, 4) is 17.6 Å². The minimum Gasteiger partial charge on any atom is -0.493 e. The molecule has 0 bridgehead atoms. The van der Waals surface area contributed by atoms with Crippen LogP contribution >= 0.6 is 23.4 Å². The van der Waals surface area contributed by atoms with Gasteiger partial charge in [0, 0.05) is 28.5 Å². The molecule has 0 fully saturated rings. The molecule has 5 nitrogen and oxygen atoms in total. The van der Waals surface area contributed by atoms with Crippen molar-refractivity contribution in [2.75, 3.05) is 14.2 Å². The molecule has 1 heterocycles. The van der Waals surface area contributed by atoms with Gasteiger partial charge >= 0.3 is 0 Å². The highest BCUT2D eigenvalue weighted by atomic mass is 35.5. The lowest BCUT2D eigenvalue weighted by molar-refractivity contribution is -0.118. The van der Waals surface area contributed by atoms with E-state index in [1.807, 2.05) is 42.5 Å². The molecule has 34 heavy (non-hydrogen) atoms. The monoisotopic (exact) mass is 494 g/mol. The minimum absolute atomic E-state index is 0.0708. The van der Waals surface area contributed by atoms with E-state index in [9.17, 15) is 10.1 Å². The Bertz CT molecular complexity index is 1240. The first kappa shape index (κ1) is 24.3. The van der Waals surface area contributed by atoms with Gasteiger partial charge in [-0.1, -0.05) is 49.7 Å². The van der Waals surface area contributed by atoms with Crippen LogP contribution in [0.15, 0.2) is 64.3 Å². The van der Waals surface area contributed by atoms with Crippen LogP contribution in [0.3, 0.4) is 0 Å². The number of nitrogens with one attached hydrogen (secondary N) is 1. The summed E-state index contributed by atoms with van der Waals surface area (Å²) in [7, 11) is 3.16. The SMILES string of the molecule is COc1ccc(C2C(C#N)=C(SCc3ccccc3Cl)NC3=C2C(=O)CC(C)(C)C3)cc1OC. The van der Waals surface area contributed by atoms with E-state index < -0.39 is 5.92 Å². The molecular formula is C27H27ClN2O3S. The molecule has 2 aromatic carbocycles. The topological polar surface area (TPSA) is 71.3 Å². The van der Waals surface area contributed by atoms with Crippen LogP contribution in [0.5, 0.6) is 11.5 Å². The molecule has 4 rings (SSSR count). The molecule has 2 aliphatic rings. The van der Waals surface area contributed by atoms with Crippen LogP contribution in [0.2, 0.25) is 5.02 Å². The number of methoxy groups -OCH3 is 2. The van der Waals surface area contributed by atoms with Crippen LogP contribution in [-0.4, -0.2) is 20.0 Å². The van der Waals surface area contributed by atoms with E-state index in [4.69, 9.17) is 21.1 Å². The standard InChI is InChI=1S/C27H27ClN2O3S/c1-27(2)12-20-25(21(31)13-27)24(16-9-10-22(32-3)23(11-16)33-4)18(14-29)26(30-20)34-15-17-7-5-6-8-19(17)28/h5-11,24,30H,12-13,15H2,1-4H3. The number of carbonyl (C=O) groups excluding carboxylic acids is 1. The second kappa shape index (κ2) is 9.77. The smallest absolute Gasteiger partial charge is 0.162 e. The van der Waals surface area contributed by atoms with Crippen LogP contribution in [0.4, 0.5) is 0 Å². The number of carbonyl (C=O) groups is 1. The lowest BCUT2D eigenvalue weighted by Gasteiger charge is -2.39. The van der Waals surface area contributed by atoms with Crippen molar-refractivity contribution in [2.24, 2.45) is 5.41 Å². The second-order valence-corrected chi connectivity index (χ2v) is 10.6. The first-order chi connectivity index (χ1) is 16.3. The van der Waals surface area contributed by atoms with E-state index >= 15 is 0 Å². The number of ether oxygens (including phenoxy) is 2. The summed E-state index contributed by atoms with van der Waals surface area (Å²) in [5.41, 5.74) is 3.74. The lowest BCUT2D eigenvalue weighted by atomic mass is 9.69.